The molecule has 258 valence electrons. The van der Waals surface area contributed by atoms with Crippen molar-refractivity contribution < 1.29 is 49.4 Å². The number of carboxylic acids is 2. The molecule has 0 amide bonds. The van der Waals surface area contributed by atoms with E-state index in [9.17, 15) is 39.9 Å². The van der Waals surface area contributed by atoms with Crippen LogP contribution in [0.5, 0.6) is 0 Å². The summed E-state index contributed by atoms with van der Waals surface area (Å²) in [6, 6.07) is 0. The van der Waals surface area contributed by atoms with E-state index in [1.807, 2.05) is 13.0 Å². The van der Waals surface area contributed by atoms with Gasteiger partial charge in [0.05, 0.1) is 11.5 Å². The first-order valence-electron chi connectivity index (χ1n) is 17.2. The fourth-order valence-corrected chi connectivity index (χ4v) is 11.9. The summed E-state index contributed by atoms with van der Waals surface area (Å²) in [6.07, 6.45) is 0.183. The van der Waals surface area contributed by atoms with Crippen LogP contribution in [0, 0.1) is 50.2 Å². The fraction of sp³-hybridized carbons (Fsp3) is 0.861. The standard InChI is InChI=1S/C36H54O10/c1-31(2)21-8-11-36(7)27(34(21,5)10-9-22(31)45-29-25(40)23(38)24(39)26(46-29)28(41)42)20(37)16-18-19-17-33(4,30(43)44)13-12-32(19,3)14-15-35(18,36)6/h16,19,21-27,29,38-40H,8-15,17H2,1-7H3,(H,41,42)(H,43,44)/t19?,21?,22-,23?,24-,25?,26?,27?,29+,32+,33-,34-,35+,36+/m0/s1. The quantitative estimate of drug-likeness (QED) is 0.277. The molecule has 10 nitrogen and oxygen atoms in total. The van der Waals surface area contributed by atoms with Gasteiger partial charge in [-0.25, -0.2) is 4.79 Å². The summed E-state index contributed by atoms with van der Waals surface area (Å²) < 4.78 is 11.8. The number of aliphatic hydroxyl groups excluding tert-OH is 3. The predicted octanol–water partition coefficient (Wildman–Crippen LogP) is 4.33. The highest BCUT2D eigenvalue weighted by Crippen LogP contribution is 2.75. The molecule has 6 unspecified atom stereocenters. The van der Waals surface area contributed by atoms with Crippen molar-refractivity contribution in [2.24, 2.45) is 50.2 Å². The van der Waals surface area contributed by atoms with Crippen molar-refractivity contribution in [2.45, 2.75) is 143 Å². The molecular weight excluding hydrogens is 592 g/mol. The number of carbonyl (C=O) groups excluding carboxylic acids is 1. The summed E-state index contributed by atoms with van der Waals surface area (Å²) in [7, 11) is 0. The first-order chi connectivity index (χ1) is 21.2. The average Bonchev–Trinajstić information content (AvgIpc) is 2.96. The van der Waals surface area contributed by atoms with E-state index in [0.29, 0.717) is 25.7 Å². The number of rotatable bonds is 4. The molecule has 0 aromatic rings. The number of ether oxygens (including phenoxy) is 2. The second-order valence-corrected chi connectivity index (χ2v) is 17.8. The largest absolute Gasteiger partial charge is 0.481 e. The van der Waals surface area contributed by atoms with Crippen molar-refractivity contribution in [3.05, 3.63) is 11.6 Å². The zero-order chi connectivity index (χ0) is 34.0. The summed E-state index contributed by atoms with van der Waals surface area (Å²) >= 11 is 0. The number of hydrogen-bond donors (Lipinski definition) is 5. The topological polar surface area (TPSA) is 171 Å². The molecule has 1 saturated heterocycles. The maximum atomic E-state index is 14.6. The van der Waals surface area contributed by atoms with Crippen LogP contribution < -0.4 is 0 Å². The van der Waals surface area contributed by atoms with Gasteiger partial charge in [0.2, 0.25) is 0 Å². The fourth-order valence-electron chi connectivity index (χ4n) is 11.9. The van der Waals surface area contributed by atoms with Crippen molar-refractivity contribution in [3.8, 4) is 0 Å². The molecule has 6 rings (SSSR count). The lowest BCUT2D eigenvalue weighted by Crippen LogP contribution is -2.67. The monoisotopic (exact) mass is 646 g/mol. The van der Waals surface area contributed by atoms with Gasteiger partial charge in [-0.1, -0.05) is 47.1 Å². The van der Waals surface area contributed by atoms with Gasteiger partial charge in [0.1, 0.15) is 18.3 Å². The second kappa shape index (κ2) is 10.6. The minimum atomic E-state index is -1.79. The Morgan fingerprint density at radius 3 is 2.13 bits per heavy atom. The van der Waals surface area contributed by atoms with Crippen LogP contribution in [0.1, 0.15) is 106 Å². The molecule has 46 heavy (non-hydrogen) atoms. The third kappa shape index (κ3) is 4.49. The van der Waals surface area contributed by atoms with Gasteiger partial charge in [-0.15, -0.1) is 0 Å². The van der Waals surface area contributed by atoms with Crippen LogP contribution >= 0.6 is 0 Å². The number of aliphatic hydroxyl groups is 3. The second-order valence-electron chi connectivity index (χ2n) is 17.8. The first kappa shape index (κ1) is 34.0. The summed E-state index contributed by atoms with van der Waals surface area (Å²) in [6.45, 7) is 15.3. The Kier molecular flexibility index (Phi) is 7.82. The molecule has 5 fully saturated rings. The van der Waals surface area contributed by atoms with Gasteiger partial charge in [0, 0.05) is 5.92 Å². The molecule has 14 atom stereocenters. The number of ketones is 1. The minimum absolute atomic E-state index is 0.0166. The lowest BCUT2D eigenvalue weighted by atomic mass is 9.33. The van der Waals surface area contributed by atoms with Crippen LogP contribution in [0.25, 0.3) is 0 Å². The number of allylic oxidation sites excluding steroid dienone is 2. The number of aliphatic carboxylic acids is 2. The highest BCUT2D eigenvalue weighted by Gasteiger charge is 2.70. The van der Waals surface area contributed by atoms with Crippen LogP contribution in [0.15, 0.2) is 11.6 Å². The highest BCUT2D eigenvalue weighted by atomic mass is 16.7. The van der Waals surface area contributed by atoms with Crippen molar-refractivity contribution in [2.75, 3.05) is 0 Å². The molecule has 0 radical (unpaired) electrons. The Morgan fingerprint density at radius 1 is 0.848 bits per heavy atom. The van der Waals surface area contributed by atoms with Crippen molar-refractivity contribution in [1.29, 1.82) is 0 Å². The molecule has 0 bridgehead atoms. The first-order valence-corrected chi connectivity index (χ1v) is 17.2. The lowest BCUT2D eigenvalue weighted by molar-refractivity contribution is -0.323. The highest BCUT2D eigenvalue weighted by molar-refractivity contribution is 5.95. The Labute approximate surface area is 271 Å². The van der Waals surface area contributed by atoms with Gasteiger partial charge in [0.15, 0.2) is 18.2 Å². The Balaban J connectivity index is 1.31. The van der Waals surface area contributed by atoms with Crippen LogP contribution in [0.4, 0.5) is 0 Å². The van der Waals surface area contributed by atoms with Crippen molar-refractivity contribution in [1.82, 2.24) is 0 Å². The van der Waals surface area contributed by atoms with E-state index < -0.39 is 59.6 Å². The zero-order valence-corrected chi connectivity index (χ0v) is 28.4. The normalized spacial score (nSPS) is 53.1. The van der Waals surface area contributed by atoms with Gasteiger partial charge in [0.25, 0.3) is 0 Å². The maximum Gasteiger partial charge on any atom is 0.335 e. The molecule has 1 heterocycles. The predicted molar refractivity (Wildman–Crippen MR) is 166 cm³/mol. The third-order valence-corrected chi connectivity index (χ3v) is 15.1. The van der Waals surface area contributed by atoms with Gasteiger partial charge >= 0.3 is 11.9 Å². The van der Waals surface area contributed by atoms with E-state index >= 15 is 0 Å². The lowest BCUT2D eigenvalue weighted by Gasteiger charge is -2.70. The Bertz CT molecular complexity index is 1340. The SMILES string of the molecule is CC1(C)C2CC[C@]3(C)C(C(=O)C=C4C5C[C@@](C)(C(=O)O)CC[C@]5(C)CC[C@]43C)[C@@]2(C)CC[C@@H]1O[C@@H]1OC(C(=O)O)[C@@H](O)C(O)C1O. The zero-order valence-electron chi connectivity index (χ0n) is 28.4. The van der Waals surface area contributed by atoms with Gasteiger partial charge in [-0.05, 0) is 110 Å². The van der Waals surface area contributed by atoms with Crippen LogP contribution in [-0.2, 0) is 23.9 Å². The van der Waals surface area contributed by atoms with E-state index in [1.54, 1.807) is 0 Å². The molecule has 10 heteroatoms. The maximum absolute atomic E-state index is 14.6. The van der Waals surface area contributed by atoms with Crippen LogP contribution in [0.3, 0.4) is 0 Å². The van der Waals surface area contributed by atoms with Crippen LogP contribution in [-0.4, -0.2) is 80.1 Å². The van der Waals surface area contributed by atoms with Gasteiger partial charge < -0.3 is 35.0 Å². The van der Waals surface area contributed by atoms with Crippen molar-refractivity contribution in [3.63, 3.8) is 0 Å². The molecular formula is C36H54O10. The molecule has 5 N–H and O–H groups in total. The van der Waals surface area contributed by atoms with E-state index in [1.165, 1.54) is 5.57 Å². The minimum Gasteiger partial charge on any atom is -0.481 e. The van der Waals surface area contributed by atoms with Gasteiger partial charge in [-0.2, -0.15) is 0 Å². The van der Waals surface area contributed by atoms with Crippen molar-refractivity contribution >= 4 is 17.7 Å². The molecule has 4 saturated carbocycles. The van der Waals surface area contributed by atoms with Crippen LogP contribution in [0.2, 0.25) is 0 Å². The Hall–Kier alpha value is -1.85. The number of fused-ring (bicyclic) bond motifs is 7. The molecule has 0 aromatic carbocycles. The molecule has 1 aliphatic heterocycles. The number of carbonyl (C=O) groups is 3. The number of carboxylic acid groups (broad SMARTS) is 2. The molecule has 5 aliphatic carbocycles. The summed E-state index contributed by atoms with van der Waals surface area (Å²) in [5, 5.41) is 50.9. The third-order valence-electron chi connectivity index (χ3n) is 15.1. The molecule has 0 spiro atoms. The summed E-state index contributed by atoms with van der Waals surface area (Å²) in [4.78, 5) is 38.7. The average molecular weight is 647 g/mol. The molecule has 0 aromatic heterocycles. The van der Waals surface area contributed by atoms with E-state index in [2.05, 4.69) is 41.5 Å². The number of hydrogen-bond acceptors (Lipinski definition) is 8. The molecule has 6 aliphatic rings. The van der Waals surface area contributed by atoms with E-state index in [-0.39, 0.29) is 45.2 Å². The summed E-state index contributed by atoms with van der Waals surface area (Å²) in [5.41, 5.74) is -1.03. The van der Waals surface area contributed by atoms with E-state index in [0.717, 1.165) is 32.1 Å². The Morgan fingerprint density at radius 2 is 1.50 bits per heavy atom. The smallest absolute Gasteiger partial charge is 0.335 e. The summed E-state index contributed by atoms with van der Waals surface area (Å²) in [5.74, 6) is -2.15. The van der Waals surface area contributed by atoms with E-state index in [4.69, 9.17) is 9.47 Å². The van der Waals surface area contributed by atoms with Gasteiger partial charge in [-0.3, -0.25) is 9.59 Å².